The first kappa shape index (κ1) is 17.0. The predicted molar refractivity (Wildman–Crippen MR) is 94.4 cm³/mol. The highest BCUT2D eigenvalue weighted by Crippen LogP contribution is 2.33. The third kappa shape index (κ3) is 2.47. The molecule has 1 N–H and O–H groups in total. The monoisotopic (exact) mass is 360 g/mol. The lowest BCUT2D eigenvalue weighted by Gasteiger charge is -2.28. The minimum atomic E-state index is -1.05. The van der Waals surface area contributed by atoms with Gasteiger partial charge in [0.05, 0.1) is 11.0 Å². The first-order valence-electron chi connectivity index (χ1n) is 8.92. The molecule has 0 spiro atoms. The van der Waals surface area contributed by atoms with Crippen LogP contribution in [0.25, 0.3) is 11.0 Å². The van der Waals surface area contributed by atoms with Gasteiger partial charge in [0, 0.05) is 32.4 Å². The number of alkyl halides is 1. The summed E-state index contributed by atoms with van der Waals surface area (Å²) in [7, 11) is 1.60. The van der Waals surface area contributed by atoms with Crippen molar-refractivity contribution in [2.75, 3.05) is 18.1 Å². The number of amides is 2. The van der Waals surface area contributed by atoms with Crippen LogP contribution in [0.15, 0.2) is 23.0 Å². The third-order valence-electron chi connectivity index (χ3n) is 5.34. The minimum Gasteiger partial charge on any atom is -0.314 e. The quantitative estimate of drug-likeness (QED) is 0.809. The number of nitrogens with zero attached hydrogens (tertiary/aromatic N) is 3. The van der Waals surface area contributed by atoms with Crippen molar-refractivity contribution in [3.63, 3.8) is 0 Å². The zero-order valence-corrected chi connectivity index (χ0v) is 14.6. The first-order valence-corrected chi connectivity index (χ1v) is 8.92. The normalized spacial score (nSPS) is 24.5. The second kappa shape index (κ2) is 6.35. The molecule has 8 heteroatoms. The Hall–Kier alpha value is -2.48. The highest BCUT2D eigenvalue weighted by molar-refractivity contribution is 6.11. The van der Waals surface area contributed by atoms with Crippen LogP contribution in [0.1, 0.15) is 37.2 Å². The SMILES string of the molecule is Cn1c(=O)n(N2C(=O)CCCC2=O)c2cccc([C@@H]3CCNC[C@H]3F)c21. The maximum absolute atomic E-state index is 14.5. The number of benzene rings is 1. The molecule has 2 fully saturated rings. The number of fused-ring (bicyclic) bond motifs is 1. The molecular weight excluding hydrogens is 339 g/mol. The highest BCUT2D eigenvalue weighted by Gasteiger charge is 2.33. The van der Waals surface area contributed by atoms with Gasteiger partial charge in [-0.25, -0.2) is 9.18 Å². The van der Waals surface area contributed by atoms with E-state index in [4.69, 9.17) is 0 Å². The van der Waals surface area contributed by atoms with Gasteiger partial charge in [-0.1, -0.05) is 12.1 Å². The summed E-state index contributed by atoms with van der Waals surface area (Å²) in [6, 6.07) is 5.28. The molecule has 0 saturated carbocycles. The van der Waals surface area contributed by atoms with E-state index in [1.165, 1.54) is 4.57 Å². The third-order valence-corrected chi connectivity index (χ3v) is 5.34. The predicted octanol–water partition coefficient (Wildman–Crippen LogP) is 0.930. The molecule has 0 radical (unpaired) electrons. The van der Waals surface area contributed by atoms with Crippen LogP contribution in [0, 0.1) is 0 Å². The molecule has 26 heavy (non-hydrogen) atoms. The molecule has 1 aromatic heterocycles. The number of carbonyl (C=O) groups is 2. The molecule has 3 heterocycles. The van der Waals surface area contributed by atoms with Crippen molar-refractivity contribution in [1.82, 2.24) is 14.6 Å². The number of rotatable bonds is 2. The molecular formula is C18H21FN4O3. The van der Waals surface area contributed by atoms with Gasteiger partial charge in [-0.15, -0.1) is 0 Å². The molecule has 0 bridgehead atoms. The maximum Gasteiger partial charge on any atom is 0.348 e. The summed E-state index contributed by atoms with van der Waals surface area (Å²) in [6.45, 7) is 0.984. The fourth-order valence-corrected chi connectivity index (χ4v) is 4.05. The Labute approximate surface area is 149 Å². The number of para-hydroxylation sites is 1. The molecule has 1 aromatic carbocycles. The molecule has 2 saturated heterocycles. The van der Waals surface area contributed by atoms with Crippen LogP contribution in [-0.4, -0.2) is 40.3 Å². The highest BCUT2D eigenvalue weighted by atomic mass is 19.1. The van der Waals surface area contributed by atoms with Crippen LogP contribution in [0.2, 0.25) is 0 Å². The molecule has 2 aliphatic heterocycles. The van der Waals surface area contributed by atoms with Crippen LogP contribution in [0.3, 0.4) is 0 Å². The number of aromatic nitrogens is 2. The Bertz CT molecular complexity index is 932. The molecule has 4 rings (SSSR count). The van der Waals surface area contributed by atoms with E-state index in [2.05, 4.69) is 5.32 Å². The van der Waals surface area contributed by atoms with Crippen molar-refractivity contribution >= 4 is 22.8 Å². The fourth-order valence-electron chi connectivity index (χ4n) is 4.05. The largest absolute Gasteiger partial charge is 0.348 e. The van der Waals surface area contributed by atoms with Crippen molar-refractivity contribution in [3.05, 3.63) is 34.2 Å². The van der Waals surface area contributed by atoms with Gasteiger partial charge in [-0.2, -0.15) is 9.69 Å². The summed E-state index contributed by atoms with van der Waals surface area (Å²) in [4.78, 5) is 37.5. The minimum absolute atomic E-state index is 0.231. The average Bonchev–Trinajstić information content (AvgIpc) is 2.87. The Kier molecular flexibility index (Phi) is 4.14. The number of hydrogen-bond donors (Lipinski definition) is 1. The number of hydrogen-bond acceptors (Lipinski definition) is 4. The number of piperidine rings is 2. The van der Waals surface area contributed by atoms with Gasteiger partial charge < -0.3 is 5.32 Å². The molecule has 0 aliphatic carbocycles. The van der Waals surface area contributed by atoms with Crippen molar-refractivity contribution in [2.45, 2.75) is 37.8 Å². The Balaban J connectivity index is 1.93. The van der Waals surface area contributed by atoms with Crippen LogP contribution in [0.5, 0.6) is 0 Å². The van der Waals surface area contributed by atoms with Crippen molar-refractivity contribution < 1.29 is 14.0 Å². The standard InChI is InChI=1S/C18H21FN4O3/c1-21-17-12(11-8-9-20-10-13(11)19)4-2-5-14(17)22(18(21)26)23-15(24)6-3-7-16(23)25/h2,4-5,11,13,20H,3,6-10H2,1H3/t11-,13+/m0/s1. The summed E-state index contributed by atoms with van der Waals surface area (Å²) >= 11 is 0. The van der Waals surface area contributed by atoms with Gasteiger partial charge >= 0.3 is 5.69 Å². The van der Waals surface area contributed by atoms with Gasteiger partial charge in [-0.3, -0.25) is 14.2 Å². The Morgan fingerprint density at radius 1 is 1.15 bits per heavy atom. The second-order valence-corrected chi connectivity index (χ2v) is 6.94. The van der Waals surface area contributed by atoms with Crippen molar-refractivity contribution in [2.24, 2.45) is 7.05 Å². The lowest BCUT2D eigenvalue weighted by molar-refractivity contribution is -0.131. The van der Waals surface area contributed by atoms with Crippen LogP contribution in [0.4, 0.5) is 4.39 Å². The molecule has 2 aromatic rings. The molecule has 0 unspecified atom stereocenters. The summed E-state index contributed by atoms with van der Waals surface area (Å²) in [5.74, 6) is -1.09. The van der Waals surface area contributed by atoms with E-state index < -0.39 is 11.9 Å². The lowest BCUT2D eigenvalue weighted by Crippen LogP contribution is -2.52. The van der Waals surface area contributed by atoms with Crippen molar-refractivity contribution in [1.29, 1.82) is 0 Å². The van der Waals surface area contributed by atoms with Gasteiger partial charge in [0.25, 0.3) is 0 Å². The lowest BCUT2D eigenvalue weighted by atomic mass is 9.88. The summed E-state index contributed by atoms with van der Waals surface area (Å²) < 4.78 is 17.1. The number of carbonyl (C=O) groups excluding carboxylic acids is 2. The number of imide groups is 1. The zero-order valence-electron chi connectivity index (χ0n) is 14.6. The van der Waals surface area contributed by atoms with Gasteiger partial charge in [0.15, 0.2) is 0 Å². The topological polar surface area (TPSA) is 76.3 Å². The van der Waals surface area contributed by atoms with Crippen LogP contribution >= 0.6 is 0 Å². The van der Waals surface area contributed by atoms with Crippen LogP contribution in [-0.2, 0) is 16.6 Å². The van der Waals surface area contributed by atoms with E-state index in [1.807, 2.05) is 6.07 Å². The van der Waals surface area contributed by atoms with Gasteiger partial charge in [-0.05, 0) is 31.0 Å². The average molecular weight is 360 g/mol. The van der Waals surface area contributed by atoms with Crippen molar-refractivity contribution in [3.8, 4) is 0 Å². The van der Waals surface area contributed by atoms with Gasteiger partial charge in [0.2, 0.25) is 11.8 Å². The first-order chi connectivity index (χ1) is 12.5. The molecule has 7 nitrogen and oxygen atoms in total. The fraction of sp³-hybridized carbons (Fsp3) is 0.500. The molecule has 2 amide bonds. The summed E-state index contributed by atoms with van der Waals surface area (Å²) in [5.41, 5.74) is 1.31. The van der Waals surface area contributed by atoms with Crippen LogP contribution < -0.4 is 16.0 Å². The molecule has 2 aliphatic rings. The number of halogens is 1. The summed E-state index contributed by atoms with van der Waals surface area (Å²) in [6.07, 6.45) is 0.536. The maximum atomic E-state index is 14.5. The smallest absolute Gasteiger partial charge is 0.314 e. The van der Waals surface area contributed by atoms with E-state index in [0.29, 0.717) is 30.4 Å². The van der Waals surface area contributed by atoms with E-state index in [9.17, 15) is 18.8 Å². The van der Waals surface area contributed by atoms with E-state index >= 15 is 0 Å². The number of aryl methyl sites for hydroxylation is 1. The summed E-state index contributed by atoms with van der Waals surface area (Å²) in [5, 5.41) is 3.98. The molecule has 138 valence electrons. The molecule has 2 atom stereocenters. The second-order valence-electron chi connectivity index (χ2n) is 6.94. The van der Waals surface area contributed by atoms with E-state index in [-0.39, 0.29) is 37.1 Å². The van der Waals surface area contributed by atoms with E-state index in [0.717, 1.165) is 15.2 Å². The Morgan fingerprint density at radius 3 is 2.58 bits per heavy atom. The van der Waals surface area contributed by atoms with Gasteiger partial charge in [0.1, 0.15) is 6.17 Å². The number of nitrogens with one attached hydrogen (secondary N) is 1. The number of imidazole rings is 1. The van der Waals surface area contributed by atoms with E-state index in [1.54, 1.807) is 19.2 Å². The Morgan fingerprint density at radius 2 is 1.88 bits per heavy atom. The zero-order chi connectivity index (χ0) is 18.4.